The second kappa shape index (κ2) is 4.79. The molecule has 0 fully saturated rings. The van der Waals surface area contributed by atoms with Gasteiger partial charge in [-0.3, -0.25) is 0 Å². The minimum absolute atomic E-state index is 0.779. The zero-order valence-corrected chi connectivity index (χ0v) is 9.68. The summed E-state index contributed by atoms with van der Waals surface area (Å²) in [7, 11) is 0. The summed E-state index contributed by atoms with van der Waals surface area (Å²) in [6, 6.07) is 0. The van der Waals surface area contributed by atoms with E-state index in [0.29, 0.717) is 0 Å². The average molecular weight is 208 g/mol. The smallest absolute Gasteiger partial charge is 0.140 e. The van der Waals surface area contributed by atoms with E-state index in [1.807, 2.05) is 0 Å². The average Bonchev–Trinajstić information content (AvgIpc) is 2.62. The van der Waals surface area contributed by atoms with E-state index in [2.05, 4.69) is 24.3 Å². The second-order valence-electron chi connectivity index (χ2n) is 4.56. The minimum Gasteiger partial charge on any atom is -0.361 e. The third kappa shape index (κ3) is 2.40. The maximum absolute atomic E-state index is 5.38. The molecular weight excluding hydrogens is 188 g/mol. The van der Waals surface area contributed by atoms with E-state index in [1.165, 1.54) is 12.0 Å². The first-order valence-electron chi connectivity index (χ1n) is 5.98. The number of rotatable bonds is 4. The Morgan fingerprint density at radius 3 is 3.20 bits per heavy atom. The molecule has 3 heteroatoms. The number of aromatic nitrogens is 1. The van der Waals surface area contributed by atoms with Crippen molar-refractivity contribution < 1.29 is 4.52 Å². The maximum Gasteiger partial charge on any atom is 0.140 e. The van der Waals surface area contributed by atoms with Crippen LogP contribution >= 0.6 is 0 Å². The summed E-state index contributed by atoms with van der Waals surface area (Å²) in [5.74, 6) is 1.91. The highest BCUT2D eigenvalue weighted by Crippen LogP contribution is 2.27. The van der Waals surface area contributed by atoms with Crippen LogP contribution in [0.4, 0.5) is 0 Å². The molecule has 15 heavy (non-hydrogen) atoms. The Kier molecular flexibility index (Phi) is 3.41. The van der Waals surface area contributed by atoms with Gasteiger partial charge < -0.3 is 9.84 Å². The van der Waals surface area contributed by atoms with Crippen molar-refractivity contribution in [2.75, 3.05) is 6.54 Å². The van der Waals surface area contributed by atoms with Gasteiger partial charge in [0.05, 0.1) is 0 Å². The lowest BCUT2D eigenvalue weighted by atomic mass is 9.88. The van der Waals surface area contributed by atoms with Gasteiger partial charge >= 0.3 is 0 Å². The van der Waals surface area contributed by atoms with E-state index in [9.17, 15) is 0 Å². The summed E-state index contributed by atoms with van der Waals surface area (Å²) in [6.45, 7) is 6.39. The molecule has 0 spiro atoms. The fourth-order valence-electron chi connectivity index (χ4n) is 2.16. The fourth-order valence-corrected chi connectivity index (χ4v) is 2.16. The zero-order chi connectivity index (χ0) is 10.7. The quantitative estimate of drug-likeness (QED) is 0.771. The summed E-state index contributed by atoms with van der Waals surface area (Å²) in [5.41, 5.74) is 2.50. The summed E-state index contributed by atoms with van der Waals surface area (Å²) in [5, 5.41) is 7.55. The predicted octanol–water partition coefficient (Wildman–Crippen LogP) is 2.30. The molecule has 0 aliphatic heterocycles. The minimum atomic E-state index is 0.779. The van der Waals surface area contributed by atoms with Gasteiger partial charge in [-0.2, -0.15) is 0 Å². The Hall–Kier alpha value is -0.830. The first-order chi connectivity index (χ1) is 7.31. The number of nitrogens with zero attached hydrogens (tertiary/aromatic N) is 1. The molecule has 84 valence electrons. The Bertz CT molecular complexity index is 319. The van der Waals surface area contributed by atoms with Crippen LogP contribution in [0.2, 0.25) is 0 Å². The van der Waals surface area contributed by atoms with Crippen LogP contribution in [-0.4, -0.2) is 11.7 Å². The second-order valence-corrected chi connectivity index (χ2v) is 4.56. The molecule has 0 saturated carbocycles. The standard InChI is InChI=1S/C12H20N2O/c1-3-6-13-8-11-10-7-9(2)4-5-12(10)15-14-11/h9,13H,3-8H2,1-2H3. The van der Waals surface area contributed by atoms with Gasteiger partial charge in [-0.05, 0) is 31.7 Å². The van der Waals surface area contributed by atoms with Crippen molar-refractivity contribution >= 4 is 0 Å². The number of fused-ring (bicyclic) bond motifs is 1. The summed E-state index contributed by atoms with van der Waals surface area (Å²) < 4.78 is 5.38. The van der Waals surface area contributed by atoms with Crippen molar-refractivity contribution in [3.8, 4) is 0 Å². The molecule has 1 aromatic heterocycles. The third-order valence-electron chi connectivity index (χ3n) is 3.09. The van der Waals surface area contributed by atoms with Gasteiger partial charge in [0, 0.05) is 18.5 Å². The van der Waals surface area contributed by atoms with Crippen molar-refractivity contribution in [2.45, 2.75) is 46.1 Å². The van der Waals surface area contributed by atoms with Crippen molar-refractivity contribution in [3.05, 3.63) is 17.0 Å². The molecule has 1 N–H and O–H groups in total. The van der Waals surface area contributed by atoms with Crippen molar-refractivity contribution in [1.29, 1.82) is 0 Å². The molecule has 0 radical (unpaired) electrons. The van der Waals surface area contributed by atoms with Gasteiger partial charge in [0.25, 0.3) is 0 Å². The van der Waals surface area contributed by atoms with Gasteiger partial charge in [-0.15, -0.1) is 0 Å². The van der Waals surface area contributed by atoms with Crippen LogP contribution in [0.1, 0.15) is 43.7 Å². The lowest BCUT2D eigenvalue weighted by molar-refractivity contribution is 0.352. The lowest BCUT2D eigenvalue weighted by Gasteiger charge is -2.16. The van der Waals surface area contributed by atoms with Gasteiger partial charge in [0.1, 0.15) is 11.5 Å². The predicted molar refractivity (Wildman–Crippen MR) is 59.7 cm³/mol. The summed E-state index contributed by atoms with van der Waals surface area (Å²) in [6.07, 6.45) is 4.61. The molecule has 3 nitrogen and oxygen atoms in total. The number of aryl methyl sites for hydroxylation is 1. The Labute approximate surface area is 91.2 Å². The highest BCUT2D eigenvalue weighted by Gasteiger charge is 2.22. The molecule has 0 bridgehead atoms. The van der Waals surface area contributed by atoms with Crippen LogP contribution in [0, 0.1) is 5.92 Å². The summed E-state index contributed by atoms with van der Waals surface area (Å²) >= 11 is 0. The molecule has 2 rings (SSSR count). The van der Waals surface area contributed by atoms with E-state index in [-0.39, 0.29) is 0 Å². The number of hydrogen-bond donors (Lipinski definition) is 1. The lowest BCUT2D eigenvalue weighted by Crippen LogP contribution is -2.17. The van der Waals surface area contributed by atoms with Crippen molar-refractivity contribution in [3.63, 3.8) is 0 Å². The molecule has 1 aromatic rings. The zero-order valence-electron chi connectivity index (χ0n) is 9.68. The van der Waals surface area contributed by atoms with Crippen LogP contribution in [-0.2, 0) is 19.4 Å². The molecule has 1 unspecified atom stereocenters. The largest absolute Gasteiger partial charge is 0.361 e. The van der Waals surface area contributed by atoms with Crippen LogP contribution in [0.5, 0.6) is 0 Å². The van der Waals surface area contributed by atoms with Crippen LogP contribution < -0.4 is 5.32 Å². The topological polar surface area (TPSA) is 38.1 Å². The Morgan fingerprint density at radius 1 is 1.53 bits per heavy atom. The molecule has 0 saturated heterocycles. The van der Waals surface area contributed by atoms with Crippen LogP contribution in [0.15, 0.2) is 4.52 Å². The van der Waals surface area contributed by atoms with Gasteiger partial charge in [0.2, 0.25) is 0 Å². The van der Waals surface area contributed by atoms with E-state index in [4.69, 9.17) is 4.52 Å². The Morgan fingerprint density at radius 2 is 2.40 bits per heavy atom. The molecule has 1 heterocycles. The highest BCUT2D eigenvalue weighted by molar-refractivity contribution is 5.25. The fraction of sp³-hybridized carbons (Fsp3) is 0.750. The molecule has 1 atom stereocenters. The maximum atomic E-state index is 5.38. The summed E-state index contributed by atoms with van der Waals surface area (Å²) in [4.78, 5) is 0. The first-order valence-corrected chi connectivity index (χ1v) is 5.98. The Balaban J connectivity index is 2.02. The van der Waals surface area contributed by atoms with Crippen molar-refractivity contribution in [1.82, 2.24) is 10.5 Å². The van der Waals surface area contributed by atoms with E-state index in [1.54, 1.807) is 0 Å². The van der Waals surface area contributed by atoms with Crippen molar-refractivity contribution in [2.24, 2.45) is 5.92 Å². The SMILES string of the molecule is CCCNCc1noc2c1CC(C)CC2. The molecule has 1 aliphatic rings. The molecular formula is C12H20N2O. The van der Waals surface area contributed by atoms with Crippen LogP contribution in [0.3, 0.4) is 0 Å². The van der Waals surface area contributed by atoms with E-state index >= 15 is 0 Å². The van der Waals surface area contributed by atoms with Gasteiger partial charge in [-0.25, -0.2) is 0 Å². The van der Waals surface area contributed by atoms with Gasteiger partial charge in [0.15, 0.2) is 0 Å². The van der Waals surface area contributed by atoms with E-state index < -0.39 is 0 Å². The molecule has 0 amide bonds. The molecule has 0 aromatic carbocycles. The van der Waals surface area contributed by atoms with Crippen LogP contribution in [0.25, 0.3) is 0 Å². The number of nitrogens with one attached hydrogen (secondary N) is 1. The monoisotopic (exact) mass is 208 g/mol. The highest BCUT2D eigenvalue weighted by atomic mass is 16.5. The van der Waals surface area contributed by atoms with Gasteiger partial charge in [-0.1, -0.05) is 19.0 Å². The molecule has 1 aliphatic carbocycles. The normalized spacial score (nSPS) is 20.3. The number of hydrogen-bond acceptors (Lipinski definition) is 3. The van der Waals surface area contributed by atoms with E-state index in [0.717, 1.165) is 49.7 Å². The first kappa shape index (κ1) is 10.7. The third-order valence-corrected chi connectivity index (χ3v) is 3.09.